The fraction of sp³-hybridized carbons (Fsp3) is 0.600. The smallest absolute Gasteiger partial charge is 0.136 e. The van der Waals surface area contributed by atoms with E-state index in [2.05, 4.69) is 23.1 Å². The third-order valence-corrected chi connectivity index (χ3v) is 5.71. The van der Waals surface area contributed by atoms with E-state index in [1.54, 1.807) is 0 Å². The molecule has 1 aliphatic carbocycles. The Morgan fingerprint density at radius 3 is 3.00 bits per heavy atom. The van der Waals surface area contributed by atoms with Gasteiger partial charge >= 0.3 is 0 Å². The number of anilines is 1. The van der Waals surface area contributed by atoms with Crippen LogP contribution >= 0.6 is 24.0 Å². The number of thiocarbonyl (C=S) groups is 1. The normalized spacial score (nSPS) is 21.5. The molecule has 1 saturated heterocycles. The molecule has 1 atom stereocenters. The molecule has 0 bridgehead atoms. The molecule has 1 aromatic rings. The first-order valence-corrected chi connectivity index (χ1v) is 8.88. The van der Waals surface area contributed by atoms with Crippen LogP contribution in [0.3, 0.4) is 0 Å². The summed E-state index contributed by atoms with van der Waals surface area (Å²) in [5.41, 5.74) is 9.36. The molecule has 0 amide bonds. The minimum atomic E-state index is 0.451. The quantitative estimate of drug-likeness (QED) is 0.838. The lowest BCUT2D eigenvalue weighted by Crippen LogP contribution is -2.21. The number of fused-ring (bicyclic) bond motifs is 1. The molecule has 1 fully saturated rings. The van der Waals surface area contributed by atoms with E-state index in [9.17, 15) is 0 Å². The number of aryl methyl sites for hydroxylation is 2. The molecule has 3 N–H and O–H groups in total. The largest absolute Gasteiger partial charge is 0.389 e. The average Bonchev–Trinajstić information content (AvgIpc) is 2.97. The highest BCUT2D eigenvalue weighted by atomic mass is 32.2. The summed E-state index contributed by atoms with van der Waals surface area (Å²) in [5.74, 6) is 2.18. The second kappa shape index (κ2) is 6.31. The van der Waals surface area contributed by atoms with Gasteiger partial charge in [0.25, 0.3) is 0 Å². The van der Waals surface area contributed by atoms with Crippen molar-refractivity contribution in [1.29, 1.82) is 0 Å². The number of nitrogens with one attached hydrogen (secondary N) is 1. The predicted octanol–water partition coefficient (Wildman–Crippen LogP) is 2.90. The van der Waals surface area contributed by atoms with Gasteiger partial charge in [0.05, 0.1) is 5.56 Å². The molecule has 1 aliphatic heterocycles. The molecule has 3 rings (SSSR count). The Labute approximate surface area is 130 Å². The number of nitrogens with zero attached hydrogens (tertiary/aromatic N) is 1. The maximum absolute atomic E-state index is 5.88. The fourth-order valence-electron chi connectivity index (χ4n) is 2.97. The highest BCUT2D eigenvalue weighted by Gasteiger charge is 2.19. The molecule has 20 heavy (non-hydrogen) atoms. The van der Waals surface area contributed by atoms with E-state index in [4.69, 9.17) is 22.9 Å². The van der Waals surface area contributed by atoms with Crippen molar-refractivity contribution in [3.8, 4) is 0 Å². The number of pyridine rings is 1. The van der Waals surface area contributed by atoms with E-state index < -0.39 is 0 Å². The monoisotopic (exact) mass is 307 g/mol. The zero-order valence-electron chi connectivity index (χ0n) is 11.7. The van der Waals surface area contributed by atoms with Crippen LogP contribution in [0.15, 0.2) is 6.07 Å². The van der Waals surface area contributed by atoms with Crippen molar-refractivity contribution in [3.63, 3.8) is 0 Å². The van der Waals surface area contributed by atoms with Crippen LogP contribution in [0.2, 0.25) is 0 Å². The molecule has 2 aliphatic rings. The van der Waals surface area contributed by atoms with Crippen molar-refractivity contribution >= 4 is 34.8 Å². The number of aromatic nitrogens is 1. The lowest BCUT2D eigenvalue weighted by Gasteiger charge is -2.20. The first-order chi connectivity index (χ1) is 9.74. The van der Waals surface area contributed by atoms with Crippen LogP contribution in [-0.4, -0.2) is 27.5 Å². The standard InChI is InChI=1S/C15H21N3S2/c16-14(19)12-8-10-4-1-2-6-13(10)18-15(12)17-9-11-5-3-7-20-11/h8,11H,1-7,9H2,(H2,16,19)(H,17,18). The van der Waals surface area contributed by atoms with E-state index in [1.165, 1.54) is 42.7 Å². The molecule has 1 unspecified atom stereocenters. The molecule has 2 heterocycles. The summed E-state index contributed by atoms with van der Waals surface area (Å²) in [7, 11) is 0. The van der Waals surface area contributed by atoms with E-state index in [1.807, 2.05) is 0 Å². The molecule has 3 nitrogen and oxygen atoms in total. The maximum Gasteiger partial charge on any atom is 0.136 e. The van der Waals surface area contributed by atoms with Gasteiger partial charge in [0.2, 0.25) is 0 Å². The van der Waals surface area contributed by atoms with Crippen molar-refractivity contribution in [3.05, 3.63) is 22.9 Å². The second-order valence-corrected chi connectivity index (χ2v) is 7.43. The Hall–Kier alpha value is -0.810. The number of thioether (sulfide) groups is 1. The van der Waals surface area contributed by atoms with Gasteiger partial charge in [-0.05, 0) is 55.9 Å². The van der Waals surface area contributed by atoms with Crippen LogP contribution in [0.1, 0.15) is 42.5 Å². The minimum absolute atomic E-state index is 0.451. The number of rotatable bonds is 4. The first-order valence-electron chi connectivity index (χ1n) is 7.42. The van der Waals surface area contributed by atoms with Gasteiger partial charge in [-0.1, -0.05) is 12.2 Å². The van der Waals surface area contributed by atoms with Gasteiger partial charge in [-0.3, -0.25) is 0 Å². The second-order valence-electron chi connectivity index (χ2n) is 5.58. The summed E-state index contributed by atoms with van der Waals surface area (Å²) >= 11 is 7.25. The lowest BCUT2D eigenvalue weighted by atomic mass is 9.94. The van der Waals surface area contributed by atoms with Gasteiger partial charge in [0, 0.05) is 17.5 Å². The van der Waals surface area contributed by atoms with Crippen LogP contribution < -0.4 is 11.1 Å². The van der Waals surface area contributed by atoms with Gasteiger partial charge in [-0.15, -0.1) is 0 Å². The van der Waals surface area contributed by atoms with Crippen molar-refractivity contribution in [1.82, 2.24) is 4.98 Å². The summed E-state index contributed by atoms with van der Waals surface area (Å²) in [4.78, 5) is 5.26. The Balaban J connectivity index is 1.81. The Morgan fingerprint density at radius 2 is 2.25 bits per heavy atom. The molecule has 0 aromatic carbocycles. The van der Waals surface area contributed by atoms with Crippen LogP contribution in [0.25, 0.3) is 0 Å². The first kappa shape index (κ1) is 14.1. The molecule has 1 aromatic heterocycles. The van der Waals surface area contributed by atoms with Crippen molar-refractivity contribution in [2.24, 2.45) is 5.73 Å². The summed E-state index contributed by atoms with van der Waals surface area (Å²) in [6.45, 7) is 0.964. The van der Waals surface area contributed by atoms with Gasteiger partial charge in [-0.25, -0.2) is 4.98 Å². The van der Waals surface area contributed by atoms with Crippen molar-refractivity contribution in [2.75, 3.05) is 17.6 Å². The predicted molar refractivity (Wildman–Crippen MR) is 90.7 cm³/mol. The van der Waals surface area contributed by atoms with Gasteiger partial charge in [-0.2, -0.15) is 11.8 Å². The fourth-order valence-corrected chi connectivity index (χ4v) is 4.33. The highest BCUT2D eigenvalue weighted by molar-refractivity contribution is 8.00. The summed E-state index contributed by atoms with van der Waals surface area (Å²) in [5, 5.41) is 4.19. The number of hydrogen-bond donors (Lipinski definition) is 2. The van der Waals surface area contributed by atoms with Crippen LogP contribution in [0.5, 0.6) is 0 Å². The van der Waals surface area contributed by atoms with Gasteiger partial charge in [0.1, 0.15) is 10.8 Å². The molecular weight excluding hydrogens is 286 g/mol. The Bertz CT molecular complexity index is 510. The topological polar surface area (TPSA) is 50.9 Å². The summed E-state index contributed by atoms with van der Waals surface area (Å²) in [6, 6.07) is 2.16. The van der Waals surface area contributed by atoms with Crippen molar-refractivity contribution < 1.29 is 0 Å². The molecule has 5 heteroatoms. The molecule has 108 valence electrons. The third-order valence-electron chi connectivity index (χ3n) is 4.09. The maximum atomic E-state index is 5.88. The van der Waals surface area contributed by atoms with E-state index in [-0.39, 0.29) is 0 Å². The lowest BCUT2D eigenvalue weighted by molar-refractivity contribution is 0.668. The SMILES string of the molecule is NC(=S)c1cc2c(nc1NCC1CCCS1)CCCC2. The average molecular weight is 307 g/mol. The Morgan fingerprint density at radius 1 is 1.40 bits per heavy atom. The van der Waals surface area contributed by atoms with Gasteiger partial charge < -0.3 is 11.1 Å². The van der Waals surface area contributed by atoms with Crippen molar-refractivity contribution in [2.45, 2.75) is 43.8 Å². The van der Waals surface area contributed by atoms with Crippen LogP contribution in [-0.2, 0) is 12.8 Å². The molecular formula is C15H21N3S2. The Kier molecular flexibility index (Phi) is 4.46. The highest BCUT2D eigenvalue weighted by Crippen LogP contribution is 2.28. The van der Waals surface area contributed by atoms with Crippen LogP contribution in [0.4, 0.5) is 5.82 Å². The third kappa shape index (κ3) is 3.09. The van der Waals surface area contributed by atoms with E-state index in [0.717, 1.165) is 30.8 Å². The zero-order valence-corrected chi connectivity index (χ0v) is 13.3. The number of nitrogens with two attached hydrogens (primary N) is 1. The minimum Gasteiger partial charge on any atom is -0.389 e. The molecule has 0 saturated carbocycles. The molecule has 0 spiro atoms. The summed E-state index contributed by atoms with van der Waals surface area (Å²) in [6.07, 6.45) is 7.31. The molecule has 0 radical (unpaired) electrons. The van der Waals surface area contributed by atoms with E-state index in [0.29, 0.717) is 10.2 Å². The van der Waals surface area contributed by atoms with Gasteiger partial charge in [0.15, 0.2) is 0 Å². The van der Waals surface area contributed by atoms with Crippen LogP contribution in [0, 0.1) is 0 Å². The number of hydrogen-bond acceptors (Lipinski definition) is 4. The van der Waals surface area contributed by atoms with E-state index >= 15 is 0 Å². The zero-order chi connectivity index (χ0) is 13.9. The summed E-state index contributed by atoms with van der Waals surface area (Å²) < 4.78 is 0.